The van der Waals surface area contributed by atoms with Crippen molar-refractivity contribution in [1.29, 1.82) is 0 Å². The summed E-state index contributed by atoms with van der Waals surface area (Å²) >= 11 is 6.27. The number of benzene rings is 1. The number of ether oxygens (including phenoxy) is 2. The van der Waals surface area contributed by atoms with Gasteiger partial charge in [0, 0.05) is 18.7 Å². The van der Waals surface area contributed by atoms with Gasteiger partial charge in [-0.05, 0) is 30.9 Å². The third kappa shape index (κ3) is 4.37. The van der Waals surface area contributed by atoms with Crippen molar-refractivity contribution in [3.63, 3.8) is 0 Å². The van der Waals surface area contributed by atoms with Gasteiger partial charge in [-0.2, -0.15) is 0 Å². The summed E-state index contributed by atoms with van der Waals surface area (Å²) in [5.74, 6) is -0.648. The summed E-state index contributed by atoms with van der Waals surface area (Å²) in [7, 11) is 1.50. The molecule has 1 aliphatic rings. The largest absolute Gasteiger partial charge is 0.493 e. The number of halogens is 1. The lowest BCUT2D eigenvalue weighted by molar-refractivity contribution is -0.145. The molecule has 2 unspecified atom stereocenters. The topological polar surface area (TPSA) is 76.1 Å². The van der Waals surface area contributed by atoms with Gasteiger partial charge in [0.2, 0.25) is 0 Å². The fourth-order valence-corrected chi connectivity index (χ4v) is 3.33. The first kappa shape index (κ1) is 19.4. The van der Waals surface area contributed by atoms with Gasteiger partial charge in [0.05, 0.1) is 24.7 Å². The van der Waals surface area contributed by atoms with Crippen molar-refractivity contribution in [2.75, 3.05) is 26.8 Å². The zero-order valence-electron chi connectivity index (χ0n) is 14.8. The van der Waals surface area contributed by atoms with Crippen LogP contribution in [-0.4, -0.2) is 48.7 Å². The molecule has 1 aliphatic heterocycles. The van der Waals surface area contributed by atoms with Crippen molar-refractivity contribution in [1.82, 2.24) is 4.90 Å². The second-order valence-electron chi connectivity index (χ2n) is 6.30. The highest BCUT2D eigenvalue weighted by atomic mass is 35.5. The van der Waals surface area contributed by atoms with E-state index in [0.717, 1.165) is 6.42 Å². The normalized spacial score (nSPS) is 20.2. The predicted octanol–water partition coefficient (Wildman–Crippen LogP) is 3.32. The molecule has 2 atom stereocenters. The third-order valence-electron chi connectivity index (χ3n) is 4.44. The number of nitrogens with zero attached hydrogens (tertiary/aromatic N) is 1. The van der Waals surface area contributed by atoms with Crippen LogP contribution in [0.4, 0.5) is 0 Å². The molecule has 2 rings (SSSR count). The van der Waals surface area contributed by atoms with Crippen LogP contribution < -0.4 is 9.47 Å². The Kier molecular flexibility index (Phi) is 6.53. The molecular formula is C18H24ClNO5. The van der Waals surface area contributed by atoms with Crippen LogP contribution in [0.2, 0.25) is 5.02 Å². The molecule has 1 aromatic rings. The van der Waals surface area contributed by atoms with Crippen LogP contribution in [0.5, 0.6) is 11.5 Å². The maximum absolute atomic E-state index is 12.8. The van der Waals surface area contributed by atoms with Gasteiger partial charge in [-0.25, -0.2) is 0 Å². The van der Waals surface area contributed by atoms with Crippen LogP contribution in [0, 0.1) is 11.8 Å². The van der Waals surface area contributed by atoms with Crippen LogP contribution in [0.15, 0.2) is 12.1 Å². The zero-order valence-corrected chi connectivity index (χ0v) is 15.5. The molecule has 0 saturated carbocycles. The number of amides is 1. The summed E-state index contributed by atoms with van der Waals surface area (Å²) in [5, 5.41) is 9.53. The number of piperidine rings is 1. The van der Waals surface area contributed by atoms with Crippen molar-refractivity contribution >= 4 is 23.5 Å². The summed E-state index contributed by atoms with van der Waals surface area (Å²) < 4.78 is 10.9. The van der Waals surface area contributed by atoms with E-state index >= 15 is 0 Å². The predicted molar refractivity (Wildman–Crippen MR) is 94.6 cm³/mol. The van der Waals surface area contributed by atoms with E-state index in [1.807, 2.05) is 13.8 Å². The highest BCUT2D eigenvalue weighted by molar-refractivity contribution is 6.32. The number of carbonyl (C=O) groups is 2. The maximum Gasteiger partial charge on any atom is 0.306 e. The van der Waals surface area contributed by atoms with Crippen molar-refractivity contribution in [2.24, 2.45) is 11.8 Å². The molecule has 6 nitrogen and oxygen atoms in total. The van der Waals surface area contributed by atoms with Crippen LogP contribution >= 0.6 is 11.6 Å². The van der Waals surface area contributed by atoms with Gasteiger partial charge >= 0.3 is 5.97 Å². The minimum Gasteiger partial charge on any atom is -0.493 e. The van der Waals surface area contributed by atoms with Crippen LogP contribution in [0.25, 0.3) is 0 Å². The molecule has 0 radical (unpaired) electrons. The van der Waals surface area contributed by atoms with Crippen LogP contribution in [0.3, 0.4) is 0 Å². The molecule has 0 aliphatic carbocycles. The molecule has 7 heteroatoms. The second-order valence-corrected chi connectivity index (χ2v) is 6.71. The van der Waals surface area contributed by atoms with E-state index in [-0.39, 0.29) is 11.8 Å². The lowest BCUT2D eigenvalue weighted by Gasteiger charge is -2.35. The number of hydrogen-bond acceptors (Lipinski definition) is 4. The Labute approximate surface area is 152 Å². The minimum atomic E-state index is -0.804. The lowest BCUT2D eigenvalue weighted by atomic mass is 9.87. The Bertz CT molecular complexity index is 649. The molecular weight excluding hydrogens is 346 g/mol. The van der Waals surface area contributed by atoms with Crippen molar-refractivity contribution in [3.8, 4) is 11.5 Å². The number of methoxy groups -OCH3 is 1. The Morgan fingerprint density at radius 3 is 2.68 bits per heavy atom. The first-order valence-corrected chi connectivity index (χ1v) is 8.79. The zero-order chi connectivity index (χ0) is 18.6. The van der Waals surface area contributed by atoms with Crippen molar-refractivity contribution in [2.45, 2.75) is 26.7 Å². The molecule has 0 aromatic heterocycles. The van der Waals surface area contributed by atoms with E-state index in [9.17, 15) is 14.7 Å². The first-order valence-electron chi connectivity index (χ1n) is 8.41. The molecule has 1 saturated heterocycles. The fourth-order valence-electron chi connectivity index (χ4n) is 3.07. The average molecular weight is 370 g/mol. The summed E-state index contributed by atoms with van der Waals surface area (Å²) in [6.07, 6.45) is 1.28. The first-order chi connectivity index (χ1) is 11.9. The number of carboxylic acids is 1. The Hall–Kier alpha value is -1.95. The van der Waals surface area contributed by atoms with Crippen molar-refractivity contribution < 1.29 is 24.2 Å². The summed E-state index contributed by atoms with van der Waals surface area (Å²) in [4.78, 5) is 25.7. The molecule has 1 N–H and O–H groups in total. The quantitative estimate of drug-likeness (QED) is 0.832. The van der Waals surface area contributed by atoms with E-state index in [0.29, 0.717) is 48.2 Å². The number of rotatable bonds is 6. The van der Waals surface area contributed by atoms with Gasteiger partial charge in [0.1, 0.15) is 0 Å². The smallest absolute Gasteiger partial charge is 0.306 e. The molecule has 25 heavy (non-hydrogen) atoms. The highest BCUT2D eigenvalue weighted by Crippen LogP contribution is 2.37. The Morgan fingerprint density at radius 2 is 2.12 bits per heavy atom. The van der Waals surface area contributed by atoms with Gasteiger partial charge in [-0.3, -0.25) is 9.59 Å². The third-order valence-corrected chi connectivity index (χ3v) is 4.72. The molecule has 0 spiro atoms. The Balaban J connectivity index is 2.19. The van der Waals surface area contributed by atoms with Crippen LogP contribution in [0.1, 0.15) is 37.0 Å². The number of hydrogen-bond donors (Lipinski definition) is 1. The van der Waals surface area contributed by atoms with Crippen molar-refractivity contribution in [3.05, 3.63) is 22.7 Å². The SMILES string of the molecule is CCCOc1c(Cl)cc(C(=O)N2CCC(C(=O)O)C(C)C2)cc1OC. The number of carboxylic acid groups (broad SMARTS) is 1. The summed E-state index contributed by atoms with van der Waals surface area (Å²) in [6.45, 7) is 5.16. The molecule has 138 valence electrons. The van der Waals surface area contributed by atoms with Gasteiger partial charge < -0.3 is 19.5 Å². The lowest BCUT2D eigenvalue weighted by Crippen LogP contribution is -2.45. The molecule has 0 bridgehead atoms. The minimum absolute atomic E-state index is 0.0975. The van der Waals surface area contributed by atoms with Gasteiger partial charge in [-0.1, -0.05) is 25.4 Å². The number of aliphatic carboxylic acids is 1. The average Bonchev–Trinajstić information content (AvgIpc) is 2.58. The maximum atomic E-state index is 12.8. The van der Waals surface area contributed by atoms with E-state index in [1.165, 1.54) is 7.11 Å². The van der Waals surface area contributed by atoms with Gasteiger partial charge in [0.25, 0.3) is 5.91 Å². The van der Waals surface area contributed by atoms with E-state index < -0.39 is 11.9 Å². The standard InChI is InChI=1S/C18H24ClNO5/c1-4-7-25-16-14(19)8-12(9-15(16)24-3)17(21)20-6-5-13(18(22)23)11(2)10-20/h8-9,11,13H,4-7,10H2,1-3H3,(H,22,23). The second kappa shape index (κ2) is 8.43. The van der Waals surface area contributed by atoms with Gasteiger partial charge in [-0.15, -0.1) is 0 Å². The van der Waals surface area contributed by atoms with E-state index in [2.05, 4.69) is 0 Å². The monoisotopic (exact) mass is 369 g/mol. The number of likely N-dealkylation sites (tertiary alicyclic amines) is 1. The highest BCUT2D eigenvalue weighted by Gasteiger charge is 2.33. The fraction of sp³-hybridized carbons (Fsp3) is 0.556. The Morgan fingerprint density at radius 1 is 1.40 bits per heavy atom. The van der Waals surface area contributed by atoms with Crippen LogP contribution in [-0.2, 0) is 4.79 Å². The van der Waals surface area contributed by atoms with Gasteiger partial charge in [0.15, 0.2) is 11.5 Å². The molecule has 1 amide bonds. The molecule has 1 heterocycles. The van der Waals surface area contributed by atoms with E-state index in [1.54, 1.807) is 17.0 Å². The number of carbonyl (C=O) groups excluding carboxylic acids is 1. The summed E-state index contributed by atoms with van der Waals surface area (Å²) in [5.41, 5.74) is 0.409. The van der Waals surface area contributed by atoms with E-state index in [4.69, 9.17) is 21.1 Å². The molecule has 1 aromatic carbocycles. The summed E-state index contributed by atoms with van der Waals surface area (Å²) in [6, 6.07) is 3.19. The molecule has 1 fully saturated rings.